The van der Waals surface area contributed by atoms with Gasteiger partial charge in [-0.25, -0.2) is 4.79 Å². The van der Waals surface area contributed by atoms with Crippen molar-refractivity contribution in [2.45, 2.75) is 11.7 Å². The number of esters is 1. The molecule has 0 aliphatic carbocycles. The first-order valence-electron chi connectivity index (χ1n) is 7.73. The molecule has 2 N–H and O–H groups in total. The maximum Gasteiger partial charge on any atom is 0.375 e. The van der Waals surface area contributed by atoms with Gasteiger partial charge in [-0.1, -0.05) is 0 Å². The molecule has 0 saturated carbocycles. The molecular weight excluding hydrogens is 360 g/mol. The van der Waals surface area contributed by atoms with E-state index in [4.69, 9.17) is 18.0 Å². The first kappa shape index (κ1) is 18.4. The predicted octanol–water partition coefficient (Wildman–Crippen LogP) is 1.48. The molecule has 3 rings (SSSR count). The average molecular weight is 374 g/mol. The smallest absolute Gasteiger partial charge is 0.375 e. The lowest BCUT2D eigenvalue weighted by Crippen LogP contribution is -2.60. The van der Waals surface area contributed by atoms with Gasteiger partial charge >= 0.3 is 5.97 Å². The summed E-state index contributed by atoms with van der Waals surface area (Å²) in [4.78, 5) is 38.5. The molecule has 0 amide bonds. The second kappa shape index (κ2) is 7.44. The Morgan fingerprint density at radius 2 is 1.33 bits per heavy atom. The van der Waals surface area contributed by atoms with E-state index in [0.717, 1.165) is 12.5 Å². The zero-order chi connectivity index (χ0) is 19.4. The van der Waals surface area contributed by atoms with Crippen LogP contribution in [0.3, 0.4) is 0 Å². The fraction of sp³-hybridized carbons (Fsp3) is 0.167. The normalized spacial score (nSPS) is 12.5. The summed E-state index contributed by atoms with van der Waals surface area (Å²) in [5, 5.41) is 19.8. The average Bonchev–Trinajstić information content (AvgIpc) is 3.46. The third kappa shape index (κ3) is 3.21. The van der Waals surface area contributed by atoms with Crippen LogP contribution in [-0.4, -0.2) is 46.1 Å². The number of aliphatic hydroxyl groups is 2. The Morgan fingerprint density at radius 3 is 1.70 bits per heavy atom. The van der Waals surface area contributed by atoms with Crippen LogP contribution in [-0.2, 0) is 4.74 Å². The van der Waals surface area contributed by atoms with Crippen LogP contribution < -0.4 is 0 Å². The summed E-state index contributed by atoms with van der Waals surface area (Å²) in [5.74, 6) is -4.59. The van der Waals surface area contributed by atoms with E-state index in [2.05, 4.69) is 0 Å². The summed E-state index contributed by atoms with van der Waals surface area (Å²) in [5.41, 5.74) is -2.85. The van der Waals surface area contributed by atoms with Crippen molar-refractivity contribution in [3.63, 3.8) is 0 Å². The minimum atomic E-state index is -2.85. The number of Topliss-reactive ketones (excluding diaryl/α,β-unsaturated/α-hetero) is 2. The lowest BCUT2D eigenvalue weighted by atomic mass is 9.84. The molecule has 27 heavy (non-hydrogen) atoms. The zero-order valence-corrected chi connectivity index (χ0v) is 13.7. The van der Waals surface area contributed by atoms with Crippen molar-refractivity contribution in [3.8, 4) is 0 Å². The van der Waals surface area contributed by atoms with Crippen LogP contribution in [0.25, 0.3) is 0 Å². The van der Waals surface area contributed by atoms with Crippen LogP contribution in [0.4, 0.5) is 0 Å². The van der Waals surface area contributed by atoms with Crippen molar-refractivity contribution in [2.75, 3.05) is 6.61 Å². The predicted molar refractivity (Wildman–Crippen MR) is 86.0 cm³/mol. The minimum absolute atomic E-state index is 0.316. The Kier molecular flexibility index (Phi) is 5.06. The summed E-state index contributed by atoms with van der Waals surface area (Å²) in [7, 11) is 0. The molecule has 1 unspecified atom stereocenters. The van der Waals surface area contributed by atoms with Crippen LogP contribution in [0.15, 0.2) is 68.4 Å². The Balaban J connectivity index is 2.13. The molecule has 0 radical (unpaired) electrons. The highest BCUT2D eigenvalue weighted by Gasteiger charge is 2.58. The molecule has 0 bridgehead atoms. The van der Waals surface area contributed by atoms with Crippen LogP contribution in [0.1, 0.15) is 31.7 Å². The minimum Gasteiger partial charge on any atom is -0.461 e. The molecule has 0 saturated heterocycles. The van der Waals surface area contributed by atoms with Crippen LogP contribution in [0.2, 0.25) is 0 Å². The van der Waals surface area contributed by atoms with Gasteiger partial charge in [0.2, 0.25) is 5.76 Å². The fourth-order valence-electron chi connectivity index (χ4n) is 2.47. The van der Waals surface area contributed by atoms with E-state index < -0.39 is 35.8 Å². The third-order valence-corrected chi connectivity index (χ3v) is 3.78. The van der Waals surface area contributed by atoms with Gasteiger partial charge in [-0.15, -0.1) is 0 Å². The number of furan rings is 3. The molecule has 0 aliphatic rings. The second-order valence-corrected chi connectivity index (χ2v) is 5.41. The summed E-state index contributed by atoms with van der Waals surface area (Å²) in [6, 6.07) is 7.81. The van der Waals surface area contributed by atoms with Crippen molar-refractivity contribution >= 4 is 17.5 Å². The molecule has 1 atom stereocenters. The van der Waals surface area contributed by atoms with Gasteiger partial charge in [0, 0.05) is 0 Å². The monoisotopic (exact) mass is 374 g/mol. The van der Waals surface area contributed by atoms with Gasteiger partial charge in [0.15, 0.2) is 11.5 Å². The lowest BCUT2D eigenvalue weighted by molar-refractivity contribution is -0.0694. The third-order valence-electron chi connectivity index (χ3n) is 3.78. The SMILES string of the molecule is O=C(OC(C(=O)c1ccco1)(C(=O)c1ccco1)C(O)CO)c1ccco1. The molecular formula is C18H14O9. The fourth-order valence-corrected chi connectivity index (χ4v) is 2.47. The maximum absolute atomic E-state index is 13.0. The highest BCUT2D eigenvalue weighted by atomic mass is 16.6. The van der Waals surface area contributed by atoms with Gasteiger partial charge in [-0.05, 0) is 36.4 Å². The standard InChI is InChI=1S/C18H14O9/c19-10-14(20)18(15(21)11-4-1-7-24-11,16(22)12-5-2-8-25-12)27-17(23)13-6-3-9-26-13/h1-9,14,19-20H,10H2. The number of hydrogen-bond donors (Lipinski definition) is 2. The van der Waals surface area contributed by atoms with E-state index in [-0.39, 0.29) is 17.3 Å². The maximum atomic E-state index is 13.0. The second-order valence-electron chi connectivity index (χ2n) is 5.41. The molecule has 3 aromatic heterocycles. The molecule has 0 aromatic carbocycles. The lowest BCUT2D eigenvalue weighted by Gasteiger charge is -2.32. The van der Waals surface area contributed by atoms with E-state index in [9.17, 15) is 24.6 Å². The van der Waals surface area contributed by atoms with Crippen molar-refractivity contribution < 1.29 is 42.6 Å². The largest absolute Gasteiger partial charge is 0.461 e. The number of rotatable bonds is 8. The molecule has 9 heteroatoms. The van der Waals surface area contributed by atoms with E-state index in [0.29, 0.717) is 0 Å². The van der Waals surface area contributed by atoms with Gasteiger partial charge < -0.3 is 28.2 Å². The molecule has 0 aliphatic heterocycles. The zero-order valence-electron chi connectivity index (χ0n) is 13.7. The van der Waals surface area contributed by atoms with Crippen molar-refractivity contribution in [3.05, 3.63) is 72.5 Å². The number of hydrogen-bond acceptors (Lipinski definition) is 9. The van der Waals surface area contributed by atoms with Crippen LogP contribution in [0, 0.1) is 0 Å². The van der Waals surface area contributed by atoms with E-state index in [1.54, 1.807) is 0 Å². The van der Waals surface area contributed by atoms with Crippen molar-refractivity contribution in [1.82, 2.24) is 0 Å². The highest BCUT2D eigenvalue weighted by molar-refractivity contribution is 6.22. The Hall–Kier alpha value is -3.43. The summed E-state index contributed by atoms with van der Waals surface area (Å²) >= 11 is 0. The van der Waals surface area contributed by atoms with Crippen molar-refractivity contribution in [2.24, 2.45) is 0 Å². The Morgan fingerprint density at radius 1 is 0.889 bits per heavy atom. The Labute approximate surface area is 151 Å². The summed E-state index contributed by atoms with van der Waals surface area (Å²) in [6.07, 6.45) is 1.40. The van der Waals surface area contributed by atoms with Gasteiger partial charge in [0.1, 0.15) is 6.10 Å². The van der Waals surface area contributed by atoms with E-state index in [1.165, 1.54) is 42.7 Å². The van der Waals surface area contributed by atoms with Gasteiger partial charge in [0.25, 0.3) is 17.2 Å². The molecule has 3 heterocycles. The number of ketones is 2. The van der Waals surface area contributed by atoms with Crippen LogP contribution in [0.5, 0.6) is 0 Å². The molecule has 140 valence electrons. The summed E-state index contributed by atoms with van der Waals surface area (Å²) in [6.45, 7) is -1.07. The van der Waals surface area contributed by atoms with Crippen LogP contribution >= 0.6 is 0 Å². The highest BCUT2D eigenvalue weighted by Crippen LogP contribution is 2.29. The molecule has 0 spiro atoms. The first-order valence-corrected chi connectivity index (χ1v) is 7.73. The first-order chi connectivity index (χ1) is 13.0. The number of carbonyl (C=O) groups excluding carboxylic acids is 3. The van der Waals surface area contributed by atoms with Gasteiger partial charge in [0.05, 0.1) is 25.4 Å². The summed E-state index contributed by atoms with van der Waals surface area (Å²) < 4.78 is 20.0. The number of aliphatic hydroxyl groups excluding tert-OH is 2. The molecule has 3 aromatic rings. The van der Waals surface area contributed by atoms with Gasteiger partial charge in [-0.3, -0.25) is 9.59 Å². The number of ether oxygens (including phenoxy) is 1. The van der Waals surface area contributed by atoms with E-state index in [1.807, 2.05) is 0 Å². The molecule has 0 fully saturated rings. The van der Waals surface area contributed by atoms with Crippen molar-refractivity contribution in [1.29, 1.82) is 0 Å². The topological polar surface area (TPSA) is 140 Å². The van der Waals surface area contributed by atoms with Gasteiger partial charge in [-0.2, -0.15) is 0 Å². The van der Waals surface area contributed by atoms with E-state index >= 15 is 0 Å². The molecule has 9 nitrogen and oxygen atoms in total. The Bertz CT molecular complexity index is 858. The number of carbonyl (C=O) groups is 3. The quantitative estimate of drug-likeness (QED) is 0.341.